The van der Waals surface area contributed by atoms with E-state index in [0.717, 1.165) is 70.8 Å². The first-order valence-corrected chi connectivity index (χ1v) is 23.9. The van der Waals surface area contributed by atoms with Gasteiger partial charge in [0.05, 0.1) is 24.0 Å². The van der Waals surface area contributed by atoms with Crippen LogP contribution in [0.25, 0.3) is 21.5 Å². The largest absolute Gasteiger partial charge is 0.456 e. The lowest BCUT2D eigenvalue weighted by Gasteiger charge is -2.12. The number of carbonyl (C=O) groups is 3. The van der Waals surface area contributed by atoms with Crippen molar-refractivity contribution in [2.75, 3.05) is 0 Å². The van der Waals surface area contributed by atoms with Crippen LogP contribution < -0.4 is 0 Å². The Bertz CT molecular complexity index is 2920. The van der Waals surface area contributed by atoms with Gasteiger partial charge in [-0.3, -0.25) is 14.6 Å². The first kappa shape index (κ1) is 51.3. The Hall–Kier alpha value is -6.68. The highest BCUT2D eigenvalue weighted by atomic mass is 32.1. The van der Waals surface area contributed by atoms with Gasteiger partial charge in [-0.2, -0.15) is 9.59 Å². The summed E-state index contributed by atoms with van der Waals surface area (Å²) in [5.74, 6) is -0.110. The number of aliphatic hydroxyl groups excluding tert-OH is 1. The summed E-state index contributed by atoms with van der Waals surface area (Å²) < 4.78 is 5.55. The van der Waals surface area contributed by atoms with E-state index in [0.29, 0.717) is 18.4 Å². The van der Waals surface area contributed by atoms with E-state index < -0.39 is 0 Å². The first-order chi connectivity index (χ1) is 32.3. The summed E-state index contributed by atoms with van der Waals surface area (Å²) in [5, 5.41) is 13.7. The quantitative estimate of drug-likeness (QED) is 0.107. The molecule has 8 nitrogen and oxygen atoms in total. The molecule has 0 aliphatic heterocycles. The number of aliphatic hydroxyl groups is 1. The predicted molar refractivity (Wildman–Crippen MR) is 270 cm³/mol. The van der Waals surface area contributed by atoms with Crippen LogP contribution in [0.2, 0.25) is 0 Å². The molecule has 67 heavy (non-hydrogen) atoms. The van der Waals surface area contributed by atoms with Crippen LogP contribution in [0.3, 0.4) is 0 Å². The minimum absolute atomic E-state index is 0.0357. The summed E-state index contributed by atoms with van der Waals surface area (Å²) >= 11 is 3.08. The third-order valence-electron chi connectivity index (χ3n) is 11.2. The van der Waals surface area contributed by atoms with Gasteiger partial charge in [-0.05, 0) is 110 Å². The van der Waals surface area contributed by atoms with Gasteiger partial charge < -0.3 is 9.84 Å². The van der Waals surface area contributed by atoms with Gasteiger partial charge in [0.2, 0.25) is 0 Å². The summed E-state index contributed by atoms with van der Waals surface area (Å²) in [6.07, 6.45) is 6.22. The van der Waals surface area contributed by atoms with Crippen molar-refractivity contribution in [3.05, 3.63) is 204 Å². The molecule has 0 aliphatic rings. The lowest BCUT2D eigenvalue weighted by molar-refractivity contribution is -0.191. The van der Waals surface area contributed by atoms with Gasteiger partial charge in [0.15, 0.2) is 0 Å². The Morgan fingerprint density at radius 1 is 0.597 bits per heavy atom. The van der Waals surface area contributed by atoms with Gasteiger partial charge in [0.1, 0.15) is 18.2 Å². The second kappa shape index (κ2) is 25.9. The Labute approximate surface area is 401 Å². The van der Waals surface area contributed by atoms with Gasteiger partial charge in [0.25, 0.3) is 0 Å². The molecule has 0 bridgehead atoms. The minimum atomic E-state index is -0.318. The third-order valence-corrected chi connectivity index (χ3v) is 13.6. The normalized spacial score (nSPS) is 11.4. The molecule has 2 atom stereocenters. The molecular weight excluding hydrogens is 875 g/mol. The van der Waals surface area contributed by atoms with Crippen molar-refractivity contribution in [3.8, 4) is 0 Å². The Morgan fingerprint density at radius 2 is 1.13 bits per heavy atom. The molecule has 0 amide bonds. The maximum absolute atomic E-state index is 13.1. The number of esters is 1. The van der Waals surface area contributed by atoms with Gasteiger partial charge in [-0.1, -0.05) is 128 Å². The van der Waals surface area contributed by atoms with E-state index >= 15 is 0 Å². The molecule has 1 N–H and O–H groups in total. The van der Waals surface area contributed by atoms with E-state index in [1.165, 1.54) is 27.8 Å². The average molecular weight is 932 g/mol. The number of rotatable bonds is 14. The molecule has 3 heterocycles. The summed E-state index contributed by atoms with van der Waals surface area (Å²) in [7, 11) is 0. The van der Waals surface area contributed by atoms with E-state index in [4.69, 9.17) is 14.3 Å². The van der Waals surface area contributed by atoms with Gasteiger partial charge in [-0.15, -0.1) is 22.7 Å². The highest BCUT2D eigenvalue weighted by Crippen LogP contribution is 2.32. The smallest absolute Gasteiger partial charge is 0.373 e. The summed E-state index contributed by atoms with van der Waals surface area (Å²) in [6, 6.07) is 44.4. The lowest BCUT2D eigenvalue weighted by atomic mass is 9.93. The SMILES string of the molecule is CCC(C(=O)Cc1ccc2ccccc2c1)c1ccc(COC(=O)c2ccc(C)cc2C)s1.CCC(C(=O)Cc1ccc2cnccc2c1)c1ccc(CO)s1.Cc1cccc(C)c1.O=C=O. The molecule has 8 rings (SSSR count). The number of pyridine rings is 1. The zero-order chi connectivity index (χ0) is 48.3. The van der Waals surface area contributed by atoms with Crippen molar-refractivity contribution in [1.82, 2.24) is 4.98 Å². The summed E-state index contributed by atoms with van der Waals surface area (Å²) in [5.41, 5.74) is 7.37. The summed E-state index contributed by atoms with van der Waals surface area (Å²) in [4.78, 5) is 62.6. The fourth-order valence-electron chi connectivity index (χ4n) is 7.81. The number of carbonyl (C=O) groups excluding carboxylic acids is 5. The maximum atomic E-state index is 13.1. The number of hydrogen-bond acceptors (Lipinski definition) is 10. The van der Waals surface area contributed by atoms with Crippen LogP contribution in [0.5, 0.6) is 0 Å². The number of thiophene rings is 2. The van der Waals surface area contributed by atoms with Crippen LogP contribution in [0.1, 0.15) is 102 Å². The number of Topliss-reactive ketones (excluding diaryl/α,β-unsaturated/α-hetero) is 2. The molecule has 0 saturated carbocycles. The number of hydrogen-bond donors (Lipinski definition) is 1. The maximum Gasteiger partial charge on any atom is 0.373 e. The van der Waals surface area contributed by atoms with Crippen LogP contribution in [-0.2, 0) is 50.0 Å². The molecule has 10 heteroatoms. The second-order valence-electron chi connectivity index (χ2n) is 16.3. The molecule has 2 unspecified atom stereocenters. The molecule has 0 fully saturated rings. The van der Waals surface area contributed by atoms with E-state index in [1.807, 2.05) is 113 Å². The Kier molecular flexibility index (Phi) is 19.8. The van der Waals surface area contributed by atoms with Crippen molar-refractivity contribution >= 4 is 67.9 Å². The van der Waals surface area contributed by atoms with Crippen LogP contribution in [-0.4, -0.2) is 33.8 Å². The predicted octanol–water partition coefficient (Wildman–Crippen LogP) is 13.0. The summed E-state index contributed by atoms with van der Waals surface area (Å²) in [6.45, 7) is 12.5. The van der Waals surface area contributed by atoms with Crippen molar-refractivity contribution in [1.29, 1.82) is 0 Å². The highest BCUT2D eigenvalue weighted by molar-refractivity contribution is 7.12. The number of fused-ring (bicyclic) bond motifs is 2. The second-order valence-corrected chi connectivity index (χ2v) is 18.7. The van der Waals surface area contributed by atoms with Crippen molar-refractivity contribution in [2.45, 2.75) is 92.3 Å². The van der Waals surface area contributed by atoms with Crippen molar-refractivity contribution in [2.24, 2.45) is 0 Å². The first-order valence-electron chi connectivity index (χ1n) is 22.3. The monoisotopic (exact) mass is 931 g/mol. The van der Waals surface area contributed by atoms with Gasteiger partial charge >= 0.3 is 12.1 Å². The third kappa shape index (κ3) is 15.2. The molecule has 0 aliphatic carbocycles. The highest BCUT2D eigenvalue weighted by Gasteiger charge is 2.23. The number of ketones is 2. The topological polar surface area (TPSA) is 128 Å². The van der Waals surface area contributed by atoms with E-state index in [9.17, 15) is 19.5 Å². The molecule has 0 saturated heterocycles. The lowest BCUT2D eigenvalue weighted by Crippen LogP contribution is -2.13. The van der Waals surface area contributed by atoms with Gasteiger partial charge in [0, 0.05) is 50.1 Å². The molecule has 0 spiro atoms. The standard InChI is InChI=1S/C29H28O3S.C19H19NO2S.C8H10.CO2/c1-4-25(27(30)17-21-10-11-22-7-5-6-8-23(22)16-21)28-14-12-24(33-28)18-32-29(31)26-13-9-19(2)15-20(26)3;1-2-17(19-6-5-16(12-21)23-19)18(22)10-13-3-4-15-11-20-8-7-14(15)9-13;1-7-4-3-5-8(2)6-7;2-1-3/h5-16,25H,4,17-18H2,1-3H3;3-9,11,17,21H,2,10,12H2,1H3;3-6H,1-2H3;. The fraction of sp³-hybridized carbons (Fsp3) is 0.246. The van der Waals surface area contributed by atoms with E-state index in [2.05, 4.69) is 73.4 Å². The molecule has 3 aromatic heterocycles. The van der Waals surface area contributed by atoms with E-state index in [1.54, 1.807) is 17.5 Å². The number of aromatic nitrogens is 1. The number of ether oxygens (including phenoxy) is 1. The molecule has 344 valence electrons. The average Bonchev–Trinajstić information content (AvgIpc) is 4.00. The minimum Gasteiger partial charge on any atom is -0.456 e. The Balaban J connectivity index is 0.000000212. The number of nitrogens with zero attached hydrogens (tertiary/aromatic N) is 1. The molecular formula is C57H57NO7S2. The number of aryl methyl sites for hydroxylation is 4. The van der Waals surface area contributed by atoms with Crippen LogP contribution >= 0.6 is 22.7 Å². The van der Waals surface area contributed by atoms with Gasteiger partial charge in [-0.25, -0.2) is 4.79 Å². The fourth-order valence-corrected chi connectivity index (χ4v) is 10.0. The number of benzene rings is 5. The molecule has 8 aromatic rings. The molecule has 5 aromatic carbocycles. The van der Waals surface area contributed by atoms with Crippen LogP contribution in [0.15, 0.2) is 146 Å². The van der Waals surface area contributed by atoms with Crippen LogP contribution in [0, 0.1) is 27.7 Å². The zero-order valence-electron chi connectivity index (χ0n) is 38.9. The Morgan fingerprint density at radius 3 is 1.67 bits per heavy atom. The zero-order valence-corrected chi connectivity index (χ0v) is 40.5. The van der Waals surface area contributed by atoms with E-state index in [-0.39, 0.29) is 48.7 Å². The van der Waals surface area contributed by atoms with Crippen molar-refractivity contribution in [3.63, 3.8) is 0 Å². The van der Waals surface area contributed by atoms with Crippen LogP contribution in [0.4, 0.5) is 0 Å². The van der Waals surface area contributed by atoms with Crippen molar-refractivity contribution < 1.29 is 33.8 Å². The molecule has 0 radical (unpaired) electrons.